The fourth-order valence-corrected chi connectivity index (χ4v) is 2.52. The Morgan fingerprint density at radius 1 is 1.05 bits per heavy atom. The summed E-state index contributed by atoms with van der Waals surface area (Å²) in [6.45, 7) is 2.82. The molecular weight excluding hydrogens is 260 g/mol. The Balaban J connectivity index is 1.83. The number of phenolic OH excluding ortho intramolecular Hbond substituents is 1. The molecule has 0 aliphatic rings. The summed E-state index contributed by atoms with van der Waals surface area (Å²) in [5.74, 6) is 0.269. The Morgan fingerprint density at radius 2 is 1.86 bits per heavy atom. The maximum absolute atomic E-state index is 10.1. The van der Waals surface area contributed by atoms with Crippen LogP contribution in [-0.2, 0) is 6.42 Å². The highest BCUT2D eigenvalue weighted by atomic mass is 16.3. The molecule has 2 aromatic carbocycles. The molecule has 1 heterocycles. The number of benzene rings is 2. The number of nitrogens with zero attached hydrogens (tertiary/aromatic N) is 1. The molecule has 3 aromatic rings. The largest absolute Gasteiger partial charge is 0.507 e. The van der Waals surface area contributed by atoms with E-state index in [-0.39, 0.29) is 5.75 Å². The third kappa shape index (κ3) is 2.82. The van der Waals surface area contributed by atoms with Crippen LogP contribution in [0.25, 0.3) is 10.9 Å². The quantitative estimate of drug-likeness (QED) is 0.760. The molecule has 0 aliphatic carbocycles. The van der Waals surface area contributed by atoms with Gasteiger partial charge >= 0.3 is 0 Å². The van der Waals surface area contributed by atoms with Crippen molar-refractivity contribution in [3.8, 4) is 5.75 Å². The molecule has 0 saturated carbocycles. The smallest absolute Gasteiger partial charge is 0.127 e. The molecule has 3 rings (SSSR count). The molecule has 0 amide bonds. The maximum atomic E-state index is 10.1. The van der Waals surface area contributed by atoms with Gasteiger partial charge in [-0.3, -0.25) is 4.98 Å². The molecule has 0 saturated heterocycles. The number of pyridine rings is 1. The summed E-state index contributed by atoms with van der Waals surface area (Å²) in [4.78, 5) is 4.37. The van der Waals surface area contributed by atoms with Gasteiger partial charge in [-0.15, -0.1) is 0 Å². The molecule has 0 unspecified atom stereocenters. The third-order valence-electron chi connectivity index (χ3n) is 3.64. The number of aromatic hydroxyl groups is 1. The van der Waals surface area contributed by atoms with Gasteiger partial charge in [0.1, 0.15) is 5.75 Å². The number of aryl methyl sites for hydroxylation is 1. The van der Waals surface area contributed by atoms with Gasteiger partial charge in [0.05, 0.1) is 10.9 Å². The van der Waals surface area contributed by atoms with Gasteiger partial charge in [0.2, 0.25) is 0 Å². The monoisotopic (exact) mass is 278 g/mol. The highest BCUT2D eigenvalue weighted by molar-refractivity contribution is 5.97. The lowest BCUT2D eigenvalue weighted by Crippen LogP contribution is -2.05. The highest BCUT2D eigenvalue weighted by Gasteiger charge is 2.08. The fourth-order valence-electron chi connectivity index (χ4n) is 2.52. The molecule has 2 N–H and O–H groups in total. The van der Waals surface area contributed by atoms with Crippen LogP contribution in [0.2, 0.25) is 0 Å². The molecule has 0 atom stereocenters. The van der Waals surface area contributed by atoms with Crippen LogP contribution in [0.5, 0.6) is 5.75 Å². The summed E-state index contributed by atoms with van der Waals surface area (Å²) in [7, 11) is 0. The first-order chi connectivity index (χ1) is 10.3. The first kappa shape index (κ1) is 13.4. The zero-order valence-electron chi connectivity index (χ0n) is 12.0. The van der Waals surface area contributed by atoms with Gasteiger partial charge in [0, 0.05) is 18.4 Å². The topological polar surface area (TPSA) is 45.1 Å². The minimum Gasteiger partial charge on any atom is -0.507 e. The molecule has 1 aromatic heterocycles. The van der Waals surface area contributed by atoms with Crippen molar-refractivity contribution in [3.05, 3.63) is 65.9 Å². The van der Waals surface area contributed by atoms with Crippen LogP contribution in [-0.4, -0.2) is 16.6 Å². The van der Waals surface area contributed by atoms with Crippen molar-refractivity contribution >= 4 is 16.6 Å². The number of aromatic nitrogens is 1. The van der Waals surface area contributed by atoms with Crippen LogP contribution in [0.15, 0.2) is 54.7 Å². The summed E-state index contributed by atoms with van der Waals surface area (Å²) in [6, 6.07) is 15.9. The average molecular weight is 278 g/mol. The van der Waals surface area contributed by atoms with Crippen molar-refractivity contribution in [3.63, 3.8) is 0 Å². The standard InChI is InChI=1S/C18H18N2O/c1-13-7-8-16(21)17-15(10-12-20-18(13)17)19-11-9-14-5-3-2-4-6-14/h2-8,10,12,21H,9,11H2,1H3,(H,19,20). The van der Waals surface area contributed by atoms with Gasteiger partial charge in [-0.1, -0.05) is 36.4 Å². The normalized spacial score (nSPS) is 10.7. The van der Waals surface area contributed by atoms with Crippen molar-refractivity contribution < 1.29 is 5.11 Å². The van der Waals surface area contributed by atoms with Crippen LogP contribution in [0.1, 0.15) is 11.1 Å². The lowest BCUT2D eigenvalue weighted by Gasteiger charge is -2.12. The number of rotatable bonds is 4. The summed E-state index contributed by atoms with van der Waals surface area (Å²) >= 11 is 0. The van der Waals surface area contributed by atoms with Crippen LogP contribution in [0.3, 0.4) is 0 Å². The van der Waals surface area contributed by atoms with E-state index >= 15 is 0 Å². The molecule has 0 aliphatic heterocycles. The maximum Gasteiger partial charge on any atom is 0.127 e. The lowest BCUT2D eigenvalue weighted by atomic mass is 10.1. The summed E-state index contributed by atoms with van der Waals surface area (Å²) < 4.78 is 0. The minimum atomic E-state index is 0.269. The predicted octanol–water partition coefficient (Wildman–Crippen LogP) is 3.90. The van der Waals surface area contributed by atoms with Gasteiger partial charge in [0.15, 0.2) is 0 Å². The van der Waals surface area contributed by atoms with E-state index < -0.39 is 0 Å². The number of phenols is 1. The molecule has 0 bridgehead atoms. The van der Waals surface area contributed by atoms with Crippen LogP contribution in [0.4, 0.5) is 5.69 Å². The third-order valence-corrected chi connectivity index (χ3v) is 3.64. The van der Waals surface area contributed by atoms with Crippen LogP contribution in [0, 0.1) is 6.92 Å². The van der Waals surface area contributed by atoms with Crippen LogP contribution >= 0.6 is 0 Å². The first-order valence-electron chi connectivity index (χ1n) is 7.11. The first-order valence-corrected chi connectivity index (χ1v) is 7.11. The van der Waals surface area contributed by atoms with Crippen LogP contribution < -0.4 is 5.32 Å². The average Bonchev–Trinajstić information content (AvgIpc) is 2.52. The summed E-state index contributed by atoms with van der Waals surface area (Å²) in [5, 5.41) is 14.3. The molecule has 0 radical (unpaired) electrons. The van der Waals surface area contributed by atoms with E-state index in [1.807, 2.05) is 37.3 Å². The van der Waals surface area contributed by atoms with Crippen molar-refractivity contribution in [1.82, 2.24) is 4.98 Å². The highest BCUT2D eigenvalue weighted by Crippen LogP contribution is 2.31. The van der Waals surface area contributed by atoms with E-state index in [1.165, 1.54) is 5.56 Å². The van der Waals surface area contributed by atoms with E-state index in [0.29, 0.717) is 0 Å². The molecule has 0 spiro atoms. The summed E-state index contributed by atoms with van der Waals surface area (Å²) in [6.07, 6.45) is 2.72. The van der Waals surface area contributed by atoms with Gasteiger partial charge in [-0.25, -0.2) is 0 Å². The Morgan fingerprint density at radius 3 is 2.67 bits per heavy atom. The Bertz CT molecular complexity index is 754. The number of fused-ring (bicyclic) bond motifs is 1. The number of hydrogen-bond donors (Lipinski definition) is 2. The predicted molar refractivity (Wildman–Crippen MR) is 86.8 cm³/mol. The molecule has 106 valence electrons. The second-order valence-corrected chi connectivity index (χ2v) is 5.15. The van der Waals surface area contributed by atoms with Gasteiger partial charge in [-0.2, -0.15) is 0 Å². The minimum absolute atomic E-state index is 0.269. The van der Waals surface area contributed by atoms with E-state index in [2.05, 4.69) is 22.4 Å². The van der Waals surface area contributed by atoms with Crippen molar-refractivity contribution in [2.45, 2.75) is 13.3 Å². The van der Waals surface area contributed by atoms with E-state index in [4.69, 9.17) is 0 Å². The zero-order valence-corrected chi connectivity index (χ0v) is 12.0. The SMILES string of the molecule is Cc1ccc(O)c2c(NCCc3ccccc3)ccnc12. The Labute approximate surface area is 124 Å². The van der Waals surface area contributed by atoms with Gasteiger partial charge in [0.25, 0.3) is 0 Å². The van der Waals surface area contributed by atoms with E-state index in [9.17, 15) is 5.11 Å². The Kier molecular flexibility index (Phi) is 3.73. The van der Waals surface area contributed by atoms with Gasteiger partial charge < -0.3 is 10.4 Å². The number of nitrogens with one attached hydrogen (secondary N) is 1. The van der Waals surface area contributed by atoms with Crippen molar-refractivity contribution in [2.75, 3.05) is 11.9 Å². The molecule has 0 fully saturated rings. The van der Waals surface area contributed by atoms with Crippen molar-refractivity contribution in [2.24, 2.45) is 0 Å². The fraction of sp³-hybridized carbons (Fsp3) is 0.167. The molecule has 3 nitrogen and oxygen atoms in total. The second kappa shape index (κ2) is 5.83. The molecule has 3 heteroatoms. The molecular formula is C18H18N2O. The van der Waals surface area contributed by atoms with E-state index in [0.717, 1.165) is 35.1 Å². The zero-order chi connectivity index (χ0) is 14.7. The van der Waals surface area contributed by atoms with E-state index in [1.54, 1.807) is 12.3 Å². The summed E-state index contributed by atoms with van der Waals surface area (Å²) in [5.41, 5.74) is 4.13. The number of anilines is 1. The molecule has 21 heavy (non-hydrogen) atoms. The van der Waals surface area contributed by atoms with Gasteiger partial charge in [-0.05, 0) is 36.6 Å². The lowest BCUT2D eigenvalue weighted by molar-refractivity contribution is 0.481. The van der Waals surface area contributed by atoms with Crippen molar-refractivity contribution in [1.29, 1.82) is 0 Å². The number of hydrogen-bond acceptors (Lipinski definition) is 3. The second-order valence-electron chi connectivity index (χ2n) is 5.15. The Hall–Kier alpha value is -2.55.